The second-order valence-corrected chi connectivity index (χ2v) is 5.98. The Morgan fingerprint density at radius 3 is 2.84 bits per heavy atom. The molecule has 2 nitrogen and oxygen atoms in total. The number of halogens is 1. The minimum Gasteiger partial charge on any atom is -0.288 e. The van der Waals surface area contributed by atoms with E-state index >= 15 is 0 Å². The van der Waals surface area contributed by atoms with Crippen LogP contribution in [0.25, 0.3) is 0 Å². The highest BCUT2D eigenvalue weighted by molar-refractivity contribution is 7.14. The largest absolute Gasteiger partial charge is 0.288 e. The lowest BCUT2D eigenvalue weighted by Crippen LogP contribution is -2.00. The van der Waals surface area contributed by atoms with Crippen molar-refractivity contribution in [3.05, 3.63) is 51.2 Å². The van der Waals surface area contributed by atoms with E-state index in [0.717, 1.165) is 19.0 Å². The zero-order valence-electron chi connectivity index (χ0n) is 10.5. The summed E-state index contributed by atoms with van der Waals surface area (Å²) in [5, 5.41) is 0. The molecule has 19 heavy (non-hydrogen) atoms. The summed E-state index contributed by atoms with van der Waals surface area (Å²) >= 11 is 1.56. The second-order valence-electron chi connectivity index (χ2n) is 4.84. The molecule has 0 fully saturated rings. The molecule has 0 aliphatic heterocycles. The van der Waals surface area contributed by atoms with Gasteiger partial charge in [0.1, 0.15) is 5.82 Å². The zero-order chi connectivity index (χ0) is 13.2. The lowest BCUT2D eigenvalue weighted by atomic mass is 10.1. The molecule has 0 N–H and O–H groups in total. The number of pyridine rings is 1. The highest BCUT2D eigenvalue weighted by atomic mass is 32.1. The molecule has 0 amide bonds. The van der Waals surface area contributed by atoms with Gasteiger partial charge in [-0.05, 0) is 43.4 Å². The first-order valence-corrected chi connectivity index (χ1v) is 7.32. The number of thiophene rings is 1. The van der Waals surface area contributed by atoms with E-state index in [0.29, 0.717) is 10.4 Å². The van der Waals surface area contributed by atoms with Gasteiger partial charge in [-0.2, -0.15) is 0 Å². The van der Waals surface area contributed by atoms with Gasteiger partial charge in [0, 0.05) is 16.6 Å². The van der Waals surface area contributed by atoms with Crippen molar-refractivity contribution < 1.29 is 9.18 Å². The SMILES string of the molecule is O=C(c1cncc(F)c1)c1cc2c(s1)CCCCC2. The number of rotatable bonds is 2. The number of fused-ring (bicyclic) bond motifs is 1. The van der Waals surface area contributed by atoms with E-state index in [1.807, 2.05) is 6.07 Å². The lowest BCUT2D eigenvalue weighted by molar-refractivity contribution is 0.104. The average molecular weight is 275 g/mol. The average Bonchev–Trinajstić information content (AvgIpc) is 2.69. The Bertz CT molecular complexity index is 597. The number of hydrogen-bond donors (Lipinski definition) is 0. The van der Waals surface area contributed by atoms with Gasteiger partial charge >= 0.3 is 0 Å². The number of carbonyl (C=O) groups excluding carboxylic acids is 1. The van der Waals surface area contributed by atoms with Gasteiger partial charge in [0.05, 0.1) is 11.1 Å². The normalized spacial score (nSPS) is 14.8. The molecule has 0 saturated heterocycles. The fourth-order valence-electron chi connectivity index (χ4n) is 2.46. The molecule has 1 aliphatic carbocycles. The number of aryl methyl sites for hydroxylation is 2. The molecule has 98 valence electrons. The quantitative estimate of drug-likeness (QED) is 0.616. The molecule has 2 aromatic rings. The van der Waals surface area contributed by atoms with E-state index in [-0.39, 0.29) is 5.78 Å². The van der Waals surface area contributed by atoms with Gasteiger partial charge in [0.25, 0.3) is 0 Å². The molecule has 3 rings (SSSR count). The van der Waals surface area contributed by atoms with Gasteiger partial charge in [-0.3, -0.25) is 9.78 Å². The Morgan fingerprint density at radius 2 is 2.00 bits per heavy atom. The molecule has 0 atom stereocenters. The molecule has 2 heterocycles. The van der Waals surface area contributed by atoms with Crippen LogP contribution in [0.3, 0.4) is 0 Å². The molecule has 0 bridgehead atoms. The van der Waals surface area contributed by atoms with E-state index in [9.17, 15) is 9.18 Å². The Hall–Kier alpha value is -1.55. The van der Waals surface area contributed by atoms with E-state index in [1.54, 1.807) is 11.3 Å². The van der Waals surface area contributed by atoms with Crippen LogP contribution < -0.4 is 0 Å². The topological polar surface area (TPSA) is 30.0 Å². The molecule has 0 unspecified atom stereocenters. The summed E-state index contributed by atoms with van der Waals surface area (Å²) < 4.78 is 13.1. The summed E-state index contributed by atoms with van der Waals surface area (Å²) in [4.78, 5) is 18.1. The van der Waals surface area contributed by atoms with Crippen LogP contribution in [0.1, 0.15) is 44.9 Å². The Balaban J connectivity index is 1.92. The van der Waals surface area contributed by atoms with Crippen molar-refractivity contribution in [2.75, 3.05) is 0 Å². The maximum absolute atomic E-state index is 13.1. The molecular formula is C15H14FNOS. The van der Waals surface area contributed by atoms with Crippen LogP contribution >= 0.6 is 11.3 Å². The fraction of sp³-hybridized carbons (Fsp3) is 0.333. The summed E-state index contributed by atoms with van der Waals surface area (Å²) in [6.07, 6.45) is 8.31. The molecule has 0 aromatic carbocycles. The van der Waals surface area contributed by atoms with Crippen molar-refractivity contribution >= 4 is 17.1 Å². The first-order valence-electron chi connectivity index (χ1n) is 6.51. The minimum atomic E-state index is -0.469. The number of nitrogens with zero attached hydrogens (tertiary/aromatic N) is 1. The third-order valence-corrected chi connectivity index (χ3v) is 4.67. The van der Waals surface area contributed by atoms with E-state index < -0.39 is 5.82 Å². The van der Waals surface area contributed by atoms with E-state index in [2.05, 4.69) is 4.98 Å². The van der Waals surface area contributed by atoms with Crippen molar-refractivity contribution in [3.8, 4) is 0 Å². The predicted octanol–water partition coefficient (Wildman–Crippen LogP) is 3.78. The van der Waals surface area contributed by atoms with Crippen LogP contribution in [-0.4, -0.2) is 10.8 Å². The maximum atomic E-state index is 13.1. The monoisotopic (exact) mass is 275 g/mol. The van der Waals surface area contributed by atoms with Crippen molar-refractivity contribution in [1.29, 1.82) is 0 Å². The molecule has 1 aliphatic rings. The van der Waals surface area contributed by atoms with Crippen LogP contribution in [0, 0.1) is 5.82 Å². The van der Waals surface area contributed by atoms with Crippen LogP contribution in [0.5, 0.6) is 0 Å². The Labute approximate surface area is 115 Å². The standard InChI is InChI=1S/C15H14FNOS/c16-12-6-11(8-17-9-12)15(18)14-7-10-4-2-1-3-5-13(10)19-14/h6-9H,1-5H2. The molecule has 0 spiro atoms. The summed E-state index contributed by atoms with van der Waals surface area (Å²) in [6, 6.07) is 3.23. The molecule has 4 heteroatoms. The third-order valence-electron chi connectivity index (χ3n) is 3.44. The lowest BCUT2D eigenvalue weighted by Gasteiger charge is -1.97. The van der Waals surface area contributed by atoms with Gasteiger partial charge in [0.2, 0.25) is 5.78 Å². The summed E-state index contributed by atoms with van der Waals surface area (Å²) in [5.74, 6) is -0.589. The predicted molar refractivity (Wildman–Crippen MR) is 73.2 cm³/mol. The zero-order valence-corrected chi connectivity index (χ0v) is 11.3. The summed E-state index contributed by atoms with van der Waals surface area (Å²) in [7, 11) is 0. The van der Waals surface area contributed by atoms with E-state index in [4.69, 9.17) is 0 Å². The van der Waals surface area contributed by atoms with Crippen LogP contribution in [-0.2, 0) is 12.8 Å². The van der Waals surface area contributed by atoms with Gasteiger partial charge in [-0.15, -0.1) is 11.3 Å². The number of aromatic nitrogens is 1. The fourth-order valence-corrected chi connectivity index (χ4v) is 3.67. The molecule has 0 saturated carbocycles. The van der Waals surface area contributed by atoms with Crippen molar-refractivity contribution in [2.45, 2.75) is 32.1 Å². The second kappa shape index (κ2) is 5.21. The summed E-state index contributed by atoms with van der Waals surface area (Å²) in [6.45, 7) is 0. The molecule has 2 aromatic heterocycles. The molecular weight excluding hydrogens is 261 g/mol. The van der Waals surface area contributed by atoms with Crippen molar-refractivity contribution in [2.24, 2.45) is 0 Å². The van der Waals surface area contributed by atoms with Crippen molar-refractivity contribution in [3.63, 3.8) is 0 Å². The highest BCUT2D eigenvalue weighted by Crippen LogP contribution is 2.30. The highest BCUT2D eigenvalue weighted by Gasteiger charge is 2.18. The number of ketones is 1. The first kappa shape index (κ1) is 12.5. The molecule has 0 radical (unpaired) electrons. The first-order chi connectivity index (χ1) is 9.24. The third kappa shape index (κ3) is 2.59. The number of carbonyl (C=O) groups is 1. The van der Waals surface area contributed by atoms with Crippen LogP contribution in [0.15, 0.2) is 24.5 Å². The van der Waals surface area contributed by atoms with Gasteiger partial charge in [-0.1, -0.05) is 6.42 Å². The van der Waals surface area contributed by atoms with E-state index in [1.165, 1.54) is 42.0 Å². The van der Waals surface area contributed by atoms with Gasteiger partial charge in [0.15, 0.2) is 0 Å². The van der Waals surface area contributed by atoms with Gasteiger partial charge < -0.3 is 0 Å². The number of hydrogen-bond acceptors (Lipinski definition) is 3. The maximum Gasteiger partial charge on any atom is 0.204 e. The Morgan fingerprint density at radius 1 is 1.16 bits per heavy atom. The Kier molecular flexibility index (Phi) is 3.42. The van der Waals surface area contributed by atoms with Crippen molar-refractivity contribution in [1.82, 2.24) is 4.98 Å². The summed E-state index contributed by atoms with van der Waals surface area (Å²) in [5.41, 5.74) is 1.63. The van der Waals surface area contributed by atoms with Crippen LogP contribution in [0.2, 0.25) is 0 Å². The van der Waals surface area contributed by atoms with Crippen LogP contribution in [0.4, 0.5) is 4.39 Å². The smallest absolute Gasteiger partial charge is 0.204 e. The minimum absolute atomic E-state index is 0.120. The van der Waals surface area contributed by atoms with Gasteiger partial charge in [-0.25, -0.2) is 4.39 Å².